The van der Waals surface area contributed by atoms with Crippen molar-refractivity contribution < 1.29 is 14.6 Å². The lowest BCUT2D eigenvalue weighted by Gasteiger charge is -2.09. The first-order valence-electron chi connectivity index (χ1n) is 7.93. The Hall–Kier alpha value is -2.99. The Balaban J connectivity index is 1.83. The second-order valence-corrected chi connectivity index (χ2v) is 6.06. The fourth-order valence-corrected chi connectivity index (χ4v) is 2.39. The van der Waals surface area contributed by atoms with Crippen LogP contribution in [0, 0.1) is 0 Å². The third kappa shape index (κ3) is 4.34. The van der Waals surface area contributed by atoms with Crippen LogP contribution in [0.1, 0.15) is 13.3 Å². The highest BCUT2D eigenvalue weighted by Crippen LogP contribution is 2.31. The summed E-state index contributed by atoms with van der Waals surface area (Å²) in [7, 11) is 0. The van der Waals surface area contributed by atoms with Gasteiger partial charge >= 0.3 is 0 Å². The number of hydrogen-bond acceptors (Lipinski definition) is 6. The van der Waals surface area contributed by atoms with E-state index in [1.165, 1.54) is 19.3 Å². The van der Waals surface area contributed by atoms with Crippen LogP contribution in [0.4, 0.5) is 0 Å². The van der Waals surface area contributed by atoms with E-state index in [4.69, 9.17) is 16.3 Å². The quantitative estimate of drug-likeness (QED) is 0.708. The third-order valence-corrected chi connectivity index (χ3v) is 3.86. The second kappa shape index (κ2) is 7.93. The molecule has 1 N–H and O–H groups in total. The Morgan fingerprint density at radius 1 is 1.12 bits per heavy atom. The molecule has 0 unspecified atom stereocenters. The van der Waals surface area contributed by atoms with Gasteiger partial charge in [-0.25, -0.2) is 15.0 Å². The minimum absolute atomic E-state index is 0.0152. The average Bonchev–Trinajstić information content (AvgIpc) is 2.62. The fraction of sp³-hybridized carbons (Fsp3) is 0.158. The molecule has 0 radical (unpaired) electrons. The molecule has 0 atom stereocenters. The van der Waals surface area contributed by atoms with Gasteiger partial charge in [0.1, 0.15) is 23.6 Å². The highest BCUT2D eigenvalue weighted by molar-refractivity contribution is 6.30. The minimum Gasteiger partial charge on any atom is -0.507 e. The Bertz CT molecular complexity index is 930. The summed E-state index contributed by atoms with van der Waals surface area (Å²) in [6.45, 7) is 1.77. The zero-order valence-electron chi connectivity index (χ0n) is 14.0. The minimum atomic E-state index is -0.0152. The molecule has 3 aromatic rings. The molecular weight excluding hydrogens is 354 g/mol. The number of aromatic hydroxyl groups is 1. The van der Waals surface area contributed by atoms with Crippen LogP contribution in [0.25, 0.3) is 22.8 Å². The second-order valence-electron chi connectivity index (χ2n) is 5.62. The van der Waals surface area contributed by atoms with Crippen LogP contribution in [-0.2, 0) is 4.79 Å². The van der Waals surface area contributed by atoms with Crippen molar-refractivity contribution in [1.29, 1.82) is 0 Å². The van der Waals surface area contributed by atoms with Crippen molar-refractivity contribution in [2.75, 3.05) is 6.61 Å². The van der Waals surface area contributed by atoms with Crippen LogP contribution in [0.15, 0.2) is 48.8 Å². The lowest BCUT2D eigenvalue weighted by molar-refractivity contribution is -0.117. The summed E-state index contributed by atoms with van der Waals surface area (Å²) in [5, 5.41) is 10.9. The van der Waals surface area contributed by atoms with E-state index in [1.807, 2.05) is 12.1 Å². The zero-order valence-corrected chi connectivity index (χ0v) is 14.8. The normalized spacial score (nSPS) is 10.5. The number of ether oxygens (including phenoxy) is 1. The van der Waals surface area contributed by atoms with Crippen LogP contribution < -0.4 is 4.74 Å². The number of phenolic OH excluding ortho intramolecular Hbond substituents is 1. The molecule has 0 aliphatic rings. The number of phenols is 1. The molecule has 0 aliphatic heterocycles. The lowest BCUT2D eigenvalue weighted by Crippen LogP contribution is -2.02. The number of carbonyl (C=O) groups excluding carboxylic acids is 1. The number of ketones is 1. The molecule has 132 valence electrons. The van der Waals surface area contributed by atoms with E-state index < -0.39 is 0 Å². The van der Waals surface area contributed by atoms with Crippen LogP contribution in [0.3, 0.4) is 0 Å². The first-order valence-corrected chi connectivity index (χ1v) is 8.31. The molecule has 2 aromatic carbocycles. The van der Waals surface area contributed by atoms with Gasteiger partial charge in [-0.05, 0) is 43.3 Å². The first kappa shape index (κ1) is 17.8. The van der Waals surface area contributed by atoms with Crippen LogP contribution in [-0.4, -0.2) is 32.4 Å². The van der Waals surface area contributed by atoms with Gasteiger partial charge in [-0.3, -0.25) is 4.79 Å². The summed E-state index contributed by atoms with van der Waals surface area (Å²) in [4.78, 5) is 23.7. The number of benzene rings is 2. The van der Waals surface area contributed by atoms with Crippen LogP contribution in [0.2, 0.25) is 5.02 Å². The van der Waals surface area contributed by atoms with E-state index >= 15 is 0 Å². The Labute approximate surface area is 155 Å². The predicted molar refractivity (Wildman–Crippen MR) is 98.2 cm³/mol. The summed E-state index contributed by atoms with van der Waals surface area (Å²) in [6.07, 6.45) is 1.71. The molecule has 0 bridgehead atoms. The van der Waals surface area contributed by atoms with E-state index in [0.717, 1.165) is 5.56 Å². The van der Waals surface area contributed by atoms with Crippen molar-refractivity contribution in [2.24, 2.45) is 0 Å². The highest BCUT2D eigenvalue weighted by Gasteiger charge is 2.11. The largest absolute Gasteiger partial charge is 0.507 e. The van der Waals surface area contributed by atoms with Gasteiger partial charge in [0.2, 0.25) is 0 Å². The molecule has 1 aromatic heterocycles. The topological polar surface area (TPSA) is 85.2 Å². The van der Waals surface area contributed by atoms with E-state index in [2.05, 4.69) is 15.0 Å². The van der Waals surface area contributed by atoms with Crippen LogP contribution in [0.5, 0.6) is 11.5 Å². The first-order chi connectivity index (χ1) is 12.5. The van der Waals surface area contributed by atoms with Crippen molar-refractivity contribution in [2.45, 2.75) is 13.3 Å². The maximum atomic E-state index is 10.9. The Kier molecular flexibility index (Phi) is 5.43. The van der Waals surface area contributed by atoms with E-state index in [0.29, 0.717) is 34.4 Å². The number of carbonyl (C=O) groups is 1. The SMILES string of the molecule is CC(=O)CCOc1ccc(-c2ncnc(-c3ccc(Cl)cc3)n2)c(O)c1. The van der Waals surface area contributed by atoms with Crippen molar-refractivity contribution in [1.82, 2.24) is 15.0 Å². The molecule has 26 heavy (non-hydrogen) atoms. The summed E-state index contributed by atoms with van der Waals surface area (Å²) in [5.41, 5.74) is 1.25. The van der Waals surface area contributed by atoms with Gasteiger partial charge < -0.3 is 9.84 Å². The summed E-state index contributed by atoms with van der Waals surface area (Å²) in [5.74, 6) is 1.33. The van der Waals surface area contributed by atoms with Gasteiger partial charge in [0.25, 0.3) is 0 Å². The van der Waals surface area contributed by atoms with Gasteiger partial charge in [-0.2, -0.15) is 0 Å². The number of nitrogens with zero attached hydrogens (tertiary/aromatic N) is 3. The highest BCUT2D eigenvalue weighted by atomic mass is 35.5. The number of hydrogen-bond donors (Lipinski definition) is 1. The smallest absolute Gasteiger partial charge is 0.167 e. The molecule has 1 heterocycles. The van der Waals surface area contributed by atoms with E-state index in [9.17, 15) is 9.90 Å². The lowest BCUT2D eigenvalue weighted by atomic mass is 10.1. The molecule has 6 nitrogen and oxygen atoms in total. The number of halogens is 1. The van der Waals surface area contributed by atoms with E-state index in [1.54, 1.807) is 24.3 Å². The monoisotopic (exact) mass is 369 g/mol. The number of Topliss-reactive ketones (excluding diaryl/α,β-unsaturated/α-hetero) is 1. The van der Waals surface area contributed by atoms with Gasteiger partial charge in [-0.1, -0.05) is 11.6 Å². The van der Waals surface area contributed by atoms with Crippen molar-refractivity contribution in [3.8, 4) is 34.3 Å². The standard InChI is InChI=1S/C19H16ClN3O3/c1-12(24)8-9-26-15-6-7-16(17(25)10-15)19-22-11-21-18(23-19)13-2-4-14(20)5-3-13/h2-7,10-11,25H,8-9H2,1H3. The zero-order chi connectivity index (χ0) is 18.5. The fourth-order valence-electron chi connectivity index (χ4n) is 2.27. The summed E-state index contributed by atoms with van der Waals surface area (Å²) < 4.78 is 5.45. The maximum absolute atomic E-state index is 10.9. The predicted octanol–water partition coefficient (Wildman–Crippen LogP) is 3.92. The Morgan fingerprint density at radius 2 is 1.85 bits per heavy atom. The molecule has 0 fully saturated rings. The molecule has 0 spiro atoms. The summed E-state index contributed by atoms with van der Waals surface area (Å²) in [6, 6.07) is 12.0. The molecular formula is C19H16ClN3O3. The van der Waals surface area contributed by atoms with Crippen LogP contribution >= 0.6 is 11.6 Å². The number of aromatic nitrogens is 3. The van der Waals surface area contributed by atoms with Crippen molar-refractivity contribution in [3.05, 3.63) is 53.8 Å². The molecule has 7 heteroatoms. The van der Waals surface area contributed by atoms with Gasteiger partial charge in [0, 0.05) is 23.1 Å². The summed E-state index contributed by atoms with van der Waals surface area (Å²) >= 11 is 5.90. The molecule has 0 saturated heterocycles. The van der Waals surface area contributed by atoms with Crippen molar-refractivity contribution >= 4 is 17.4 Å². The molecule has 0 amide bonds. The molecule has 0 aliphatic carbocycles. The Morgan fingerprint density at radius 3 is 2.54 bits per heavy atom. The molecule has 0 saturated carbocycles. The van der Waals surface area contributed by atoms with E-state index in [-0.39, 0.29) is 18.1 Å². The molecule has 3 rings (SSSR count). The van der Waals surface area contributed by atoms with Gasteiger partial charge in [0.05, 0.1) is 12.2 Å². The maximum Gasteiger partial charge on any atom is 0.167 e. The van der Waals surface area contributed by atoms with Gasteiger partial charge in [-0.15, -0.1) is 0 Å². The average molecular weight is 370 g/mol. The van der Waals surface area contributed by atoms with Gasteiger partial charge in [0.15, 0.2) is 11.6 Å². The van der Waals surface area contributed by atoms with Crippen molar-refractivity contribution in [3.63, 3.8) is 0 Å². The third-order valence-electron chi connectivity index (χ3n) is 3.61. The number of rotatable bonds is 6.